The van der Waals surface area contributed by atoms with E-state index in [-0.39, 0.29) is 12.0 Å². The van der Waals surface area contributed by atoms with E-state index in [0.717, 1.165) is 33.7 Å². The Bertz CT molecular complexity index is 1760. The molecule has 0 fully saturated rings. The summed E-state index contributed by atoms with van der Waals surface area (Å²) in [5.41, 5.74) is 2.17. The van der Waals surface area contributed by atoms with Crippen molar-refractivity contribution < 1.29 is 18.3 Å². The lowest BCUT2D eigenvalue weighted by Gasteiger charge is -2.26. The molecule has 0 aliphatic rings. The topological polar surface area (TPSA) is 122 Å². The smallest absolute Gasteiger partial charge is 0.332 e. The van der Waals surface area contributed by atoms with Crippen LogP contribution in [0.1, 0.15) is 33.3 Å². The molecule has 9 nitrogen and oxygen atoms in total. The molecule has 1 atom stereocenters. The van der Waals surface area contributed by atoms with Gasteiger partial charge in [0, 0.05) is 23.4 Å². The van der Waals surface area contributed by atoms with E-state index < -0.39 is 27.4 Å². The first-order chi connectivity index (χ1) is 18.2. The van der Waals surface area contributed by atoms with Gasteiger partial charge in [-0.05, 0) is 59.0 Å². The van der Waals surface area contributed by atoms with Crippen LogP contribution in [0.25, 0.3) is 27.6 Å². The van der Waals surface area contributed by atoms with E-state index in [1.807, 2.05) is 36.4 Å². The molecule has 3 aromatic carbocycles. The Morgan fingerprint density at radius 3 is 2.28 bits per heavy atom. The first-order valence-corrected chi connectivity index (χ1v) is 14.3. The average Bonchev–Trinajstić information content (AvgIpc) is 2.84. The van der Waals surface area contributed by atoms with E-state index >= 15 is 0 Å². The average molecular weight is 552 g/mol. The standard InChI is InChI=1S/C29H33N3O6S/c1-18(33)17-32(39(6,36)37)22-10-9-19-13-21(8-7-20(19)14-22)24-15-23(31-12-11-26(34)30-28(31)35)16-25(27(24)38-5)29(2,3)4/h7-16,18,33H,17H2,1-6H3,(H,30,34,35). The largest absolute Gasteiger partial charge is 0.496 e. The predicted molar refractivity (Wildman–Crippen MR) is 155 cm³/mol. The highest BCUT2D eigenvalue weighted by atomic mass is 32.2. The number of hydrogen-bond donors (Lipinski definition) is 2. The lowest BCUT2D eigenvalue weighted by molar-refractivity contribution is 0.204. The number of aromatic nitrogens is 2. The fourth-order valence-corrected chi connectivity index (χ4v) is 5.58. The Morgan fingerprint density at radius 1 is 1.03 bits per heavy atom. The van der Waals surface area contributed by atoms with Gasteiger partial charge in [0.15, 0.2) is 0 Å². The van der Waals surface area contributed by atoms with Gasteiger partial charge in [0.25, 0.3) is 5.56 Å². The summed E-state index contributed by atoms with van der Waals surface area (Å²) in [4.78, 5) is 26.6. The van der Waals surface area contributed by atoms with Crippen LogP contribution in [0.15, 0.2) is 70.4 Å². The molecule has 2 N–H and O–H groups in total. The molecule has 1 aromatic heterocycles. The second-order valence-electron chi connectivity index (χ2n) is 10.7. The van der Waals surface area contributed by atoms with Gasteiger partial charge in [0.1, 0.15) is 5.75 Å². The third-order valence-electron chi connectivity index (χ3n) is 6.44. The summed E-state index contributed by atoms with van der Waals surface area (Å²) >= 11 is 0. The van der Waals surface area contributed by atoms with E-state index in [4.69, 9.17) is 4.74 Å². The molecule has 0 bridgehead atoms. The molecular formula is C29H33N3O6S. The number of anilines is 1. The van der Waals surface area contributed by atoms with Gasteiger partial charge in [-0.15, -0.1) is 0 Å². The van der Waals surface area contributed by atoms with Crippen molar-refractivity contribution in [1.29, 1.82) is 0 Å². The van der Waals surface area contributed by atoms with Crippen LogP contribution < -0.4 is 20.3 Å². The molecular weight excluding hydrogens is 518 g/mol. The first-order valence-electron chi connectivity index (χ1n) is 12.4. The molecule has 0 aliphatic carbocycles. The molecule has 0 aliphatic heterocycles. The summed E-state index contributed by atoms with van der Waals surface area (Å²) in [6.07, 6.45) is 1.73. The number of H-pyrrole nitrogens is 1. The SMILES string of the molecule is COc1c(-c2ccc3cc(N(CC(C)O)S(C)(=O)=O)ccc3c2)cc(-n2ccc(=O)[nH]c2=O)cc1C(C)(C)C. The zero-order valence-corrected chi connectivity index (χ0v) is 23.7. The fourth-order valence-electron chi connectivity index (χ4n) is 4.59. The van der Waals surface area contributed by atoms with Crippen LogP contribution in [0.2, 0.25) is 0 Å². The van der Waals surface area contributed by atoms with Gasteiger partial charge in [0.05, 0.1) is 37.4 Å². The molecule has 0 radical (unpaired) electrons. The minimum Gasteiger partial charge on any atom is -0.496 e. The number of aliphatic hydroxyl groups is 1. The van der Waals surface area contributed by atoms with Crippen LogP contribution in [0.5, 0.6) is 5.75 Å². The number of ether oxygens (including phenoxy) is 1. The Balaban J connectivity index is 1.91. The summed E-state index contributed by atoms with van der Waals surface area (Å²) in [6.45, 7) is 7.65. The Kier molecular flexibility index (Phi) is 7.46. The molecule has 4 rings (SSSR count). The van der Waals surface area contributed by atoms with Crippen LogP contribution in [0.3, 0.4) is 0 Å². The lowest BCUT2D eigenvalue weighted by atomic mass is 9.83. The number of fused-ring (bicyclic) bond motifs is 1. The highest BCUT2D eigenvalue weighted by Gasteiger charge is 2.24. The fraction of sp³-hybridized carbons (Fsp3) is 0.310. The zero-order valence-electron chi connectivity index (χ0n) is 22.8. The molecule has 39 heavy (non-hydrogen) atoms. The summed E-state index contributed by atoms with van der Waals surface area (Å²) in [6, 6.07) is 16.1. The maximum absolute atomic E-state index is 12.6. The van der Waals surface area contributed by atoms with Gasteiger partial charge in [-0.2, -0.15) is 0 Å². The number of methoxy groups -OCH3 is 1. The van der Waals surface area contributed by atoms with Gasteiger partial charge in [-0.25, -0.2) is 13.2 Å². The van der Waals surface area contributed by atoms with Crippen LogP contribution >= 0.6 is 0 Å². The molecule has 1 unspecified atom stereocenters. The second-order valence-corrected chi connectivity index (χ2v) is 12.6. The maximum atomic E-state index is 12.6. The van der Waals surface area contributed by atoms with Crippen molar-refractivity contribution in [2.45, 2.75) is 39.2 Å². The molecule has 10 heteroatoms. The van der Waals surface area contributed by atoms with Crippen LogP contribution in [-0.2, 0) is 15.4 Å². The lowest BCUT2D eigenvalue weighted by Crippen LogP contribution is -2.35. The third-order valence-corrected chi connectivity index (χ3v) is 7.60. The molecule has 1 heterocycles. The molecule has 0 amide bonds. The normalized spacial score (nSPS) is 12.9. The van der Waals surface area contributed by atoms with Gasteiger partial charge in [-0.3, -0.25) is 18.7 Å². The second kappa shape index (κ2) is 10.3. The number of aromatic amines is 1. The van der Waals surface area contributed by atoms with Crippen molar-refractivity contribution in [2.24, 2.45) is 0 Å². The third kappa shape index (κ3) is 5.91. The predicted octanol–water partition coefficient (Wildman–Crippen LogP) is 3.80. The number of benzene rings is 3. The van der Waals surface area contributed by atoms with Gasteiger partial charge in [-0.1, -0.05) is 39.0 Å². The van der Waals surface area contributed by atoms with Crippen molar-refractivity contribution >= 4 is 26.5 Å². The van der Waals surface area contributed by atoms with Crippen LogP contribution in [-0.4, -0.2) is 49.1 Å². The molecule has 4 aromatic rings. The minimum absolute atomic E-state index is 0.0495. The van der Waals surface area contributed by atoms with E-state index in [0.29, 0.717) is 17.1 Å². The Hall–Kier alpha value is -3.89. The quantitative estimate of drug-likeness (QED) is 0.360. The highest BCUT2D eigenvalue weighted by molar-refractivity contribution is 7.92. The zero-order chi connectivity index (χ0) is 28.7. The van der Waals surface area contributed by atoms with E-state index in [2.05, 4.69) is 25.8 Å². The first kappa shape index (κ1) is 28.1. The molecule has 0 saturated carbocycles. The summed E-state index contributed by atoms with van der Waals surface area (Å²) in [5.74, 6) is 0.667. The molecule has 0 spiro atoms. The van der Waals surface area contributed by atoms with Crippen LogP contribution in [0, 0.1) is 0 Å². The highest BCUT2D eigenvalue weighted by Crippen LogP contribution is 2.42. The summed E-state index contributed by atoms with van der Waals surface area (Å²) in [7, 11) is -1.98. The van der Waals surface area contributed by atoms with Crippen molar-refractivity contribution in [1.82, 2.24) is 9.55 Å². The number of nitrogens with one attached hydrogen (secondary N) is 1. The Labute approximate surface area is 227 Å². The van der Waals surface area contributed by atoms with Crippen molar-refractivity contribution in [3.05, 3.63) is 87.2 Å². The van der Waals surface area contributed by atoms with Gasteiger partial charge < -0.3 is 9.84 Å². The van der Waals surface area contributed by atoms with Gasteiger partial charge >= 0.3 is 5.69 Å². The van der Waals surface area contributed by atoms with E-state index in [1.165, 1.54) is 21.1 Å². The molecule has 206 valence electrons. The van der Waals surface area contributed by atoms with Crippen molar-refractivity contribution in [3.8, 4) is 22.6 Å². The number of hydrogen-bond acceptors (Lipinski definition) is 6. The van der Waals surface area contributed by atoms with Crippen molar-refractivity contribution in [2.75, 3.05) is 24.2 Å². The van der Waals surface area contributed by atoms with Gasteiger partial charge in [0.2, 0.25) is 10.0 Å². The number of aliphatic hydroxyl groups excluding tert-OH is 1. The van der Waals surface area contributed by atoms with E-state index in [1.54, 1.807) is 26.2 Å². The van der Waals surface area contributed by atoms with Crippen LogP contribution in [0.4, 0.5) is 5.69 Å². The number of rotatable bonds is 7. The maximum Gasteiger partial charge on any atom is 0.332 e. The molecule has 0 saturated heterocycles. The van der Waals surface area contributed by atoms with Crippen molar-refractivity contribution in [3.63, 3.8) is 0 Å². The number of nitrogens with zero attached hydrogens (tertiary/aromatic N) is 2. The number of sulfonamides is 1. The summed E-state index contributed by atoms with van der Waals surface area (Å²) < 4.78 is 33.2. The Morgan fingerprint density at radius 2 is 1.69 bits per heavy atom. The monoisotopic (exact) mass is 551 g/mol. The minimum atomic E-state index is -3.59. The van der Waals surface area contributed by atoms with E-state index in [9.17, 15) is 23.1 Å². The summed E-state index contributed by atoms with van der Waals surface area (Å²) in [5, 5.41) is 11.5.